The number of thiophene rings is 1. The highest BCUT2D eigenvalue weighted by Gasteiger charge is 2.13. The molecule has 2 aromatic heterocycles. The summed E-state index contributed by atoms with van der Waals surface area (Å²) in [4.78, 5) is 13.1. The van der Waals surface area contributed by atoms with Crippen LogP contribution in [-0.2, 0) is 6.42 Å². The number of H-pyrrole nitrogens is 1. The fourth-order valence-corrected chi connectivity index (χ4v) is 3.18. The standard InChI is InChI=1S/C16H14N4O2S/c21-16(17-11-3-4-13-10(8-11)5-6-22-13)18-15-9-12(19-20-15)14-2-1-7-23-14/h1-4,7-9H,5-6H2,(H3,17,18,19,20,21). The van der Waals surface area contributed by atoms with Gasteiger partial charge in [0.05, 0.1) is 17.2 Å². The van der Waals surface area contributed by atoms with E-state index in [1.54, 1.807) is 11.3 Å². The molecule has 6 nitrogen and oxygen atoms in total. The van der Waals surface area contributed by atoms with Gasteiger partial charge < -0.3 is 10.1 Å². The molecule has 3 N–H and O–H groups in total. The van der Waals surface area contributed by atoms with E-state index in [1.165, 1.54) is 0 Å². The zero-order valence-electron chi connectivity index (χ0n) is 12.1. The number of hydrogen-bond acceptors (Lipinski definition) is 4. The maximum absolute atomic E-state index is 12.1. The van der Waals surface area contributed by atoms with Crippen molar-refractivity contribution >= 4 is 28.9 Å². The van der Waals surface area contributed by atoms with Crippen LogP contribution in [-0.4, -0.2) is 22.8 Å². The molecular weight excluding hydrogens is 312 g/mol. The summed E-state index contributed by atoms with van der Waals surface area (Å²) in [7, 11) is 0. The first kappa shape index (κ1) is 13.8. The lowest BCUT2D eigenvalue weighted by atomic mass is 10.1. The van der Waals surface area contributed by atoms with Crippen LogP contribution in [0.4, 0.5) is 16.3 Å². The van der Waals surface area contributed by atoms with E-state index in [-0.39, 0.29) is 6.03 Å². The van der Waals surface area contributed by atoms with Crippen LogP contribution in [0.2, 0.25) is 0 Å². The lowest BCUT2D eigenvalue weighted by Crippen LogP contribution is -2.19. The van der Waals surface area contributed by atoms with E-state index in [0.717, 1.165) is 34.0 Å². The second-order valence-electron chi connectivity index (χ2n) is 5.14. The number of fused-ring (bicyclic) bond motifs is 1. The maximum atomic E-state index is 12.1. The van der Waals surface area contributed by atoms with Crippen LogP contribution in [0.3, 0.4) is 0 Å². The minimum atomic E-state index is -0.326. The van der Waals surface area contributed by atoms with Gasteiger partial charge in [-0.3, -0.25) is 10.4 Å². The smallest absolute Gasteiger partial charge is 0.324 e. The van der Waals surface area contributed by atoms with Crippen molar-refractivity contribution in [1.82, 2.24) is 10.2 Å². The van der Waals surface area contributed by atoms with Crippen LogP contribution in [0.1, 0.15) is 5.56 Å². The fraction of sp³-hybridized carbons (Fsp3) is 0.125. The summed E-state index contributed by atoms with van der Waals surface area (Å²) in [6.45, 7) is 0.698. The number of amides is 2. The molecule has 0 saturated carbocycles. The predicted octanol–water partition coefficient (Wildman–Crippen LogP) is 3.72. The molecule has 4 rings (SSSR count). The molecule has 1 aliphatic rings. The number of aromatic amines is 1. The Hall–Kier alpha value is -2.80. The Bertz CT molecular complexity index is 842. The van der Waals surface area contributed by atoms with Gasteiger partial charge in [-0.1, -0.05) is 6.07 Å². The molecule has 3 aromatic rings. The molecule has 3 heterocycles. The monoisotopic (exact) mass is 326 g/mol. The second kappa shape index (κ2) is 5.77. The van der Waals surface area contributed by atoms with Gasteiger partial charge in [-0.05, 0) is 35.2 Å². The van der Waals surface area contributed by atoms with Crippen molar-refractivity contribution < 1.29 is 9.53 Å². The zero-order chi connectivity index (χ0) is 15.6. The van der Waals surface area contributed by atoms with Gasteiger partial charge in [0, 0.05) is 18.2 Å². The molecule has 0 fully saturated rings. The SMILES string of the molecule is O=C(Nc1ccc2c(c1)CCO2)Nc1cc(-c2cccs2)[nH]n1. The predicted molar refractivity (Wildman–Crippen MR) is 90.2 cm³/mol. The first-order valence-corrected chi connectivity index (χ1v) is 8.09. The number of benzene rings is 1. The van der Waals surface area contributed by atoms with Crippen LogP contribution >= 0.6 is 11.3 Å². The van der Waals surface area contributed by atoms with E-state index in [1.807, 2.05) is 41.8 Å². The molecule has 0 radical (unpaired) electrons. The van der Waals surface area contributed by atoms with Crippen LogP contribution < -0.4 is 15.4 Å². The molecule has 23 heavy (non-hydrogen) atoms. The highest BCUT2D eigenvalue weighted by Crippen LogP contribution is 2.28. The van der Waals surface area contributed by atoms with Gasteiger partial charge in [-0.25, -0.2) is 4.79 Å². The number of hydrogen-bond donors (Lipinski definition) is 3. The molecule has 0 spiro atoms. The van der Waals surface area contributed by atoms with Crippen LogP contribution in [0.5, 0.6) is 5.75 Å². The van der Waals surface area contributed by atoms with Crippen molar-refractivity contribution in [1.29, 1.82) is 0 Å². The molecular formula is C16H14N4O2S. The van der Waals surface area contributed by atoms with E-state index < -0.39 is 0 Å². The summed E-state index contributed by atoms with van der Waals surface area (Å²) in [6.07, 6.45) is 0.871. The number of anilines is 2. The first-order chi connectivity index (χ1) is 11.3. The third-order valence-corrected chi connectivity index (χ3v) is 4.46. The number of nitrogens with zero attached hydrogens (tertiary/aromatic N) is 1. The average Bonchev–Trinajstić information content (AvgIpc) is 3.27. The quantitative estimate of drug-likeness (QED) is 0.686. The highest BCUT2D eigenvalue weighted by atomic mass is 32.1. The third kappa shape index (κ3) is 2.91. The van der Waals surface area contributed by atoms with Gasteiger partial charge in [-0.15, -0.1) is 11.3 Å². The Morgan fingerprint density at radius 3 is 3.09 bits per heavy atom. The van der Waals surface area contributed by atoms with Crippen molar-refractivity contribution in [2.45, 2.75) is 6.42 Å². The fourth-order valence-electron chi connectivity index (χ4n) is 2.49. The number of nitrogens with one attached hydrogen (secondary N) is 3. The maximum Gasteiger partial charge on any atom is 0.324 e. The zero-order valence-corrected chi connectivity index (χ0v) is 12.9. The summed E-state index contributed by atoms with van der Waals surface area (Å²) < 4.78 is 5.45. The molecule has 2 amide bonds. The van der Waals surface area contributed by atoms with Crippen LogP contribution in [0.25, 0.3) is 10.6 Å². The molecule has 7 heteroatoms. The van der Waals surface area contributed by atoms with E-state index >= 15 is 0 Å². The number of urea groups is 1. The van der Waals surface area contributed by atoms with Gasteiger partial charge >= 0.3 is 6.03 Å². The van der Waals surface area contributed by atoms with Crippen molar-refractivity contribution in [2.24, 2.45) is 0 Å². The summed E-state index contributed by atoms with van der Waals surface area (Å²) >= 11 is 1.61. The van der Waals surface area contributed by atoms with Gasteiger partial charge in [0.1, 0.15) is 5.75 Å². The summed E-state index contributed by atoms with van der Waals surface area (Å²) in [5.74, 6) is 1.37. The Balaban J connectivity index is 1.42. The highest BCUT2D eigenvalue weighted by molar-refractivity contribution is 7.13. The molecule has 0 unspecified atom stereocenters. The number of carbonyl (C=O) groups excluding carboxylic acids is 1. The molecule has 0 atom stereocenters. The van der Waals surface area contributed by atoms with Gasteiger partial charge in [-0.2, -0.15) is 5.10 Å². The Kier molecular flexibility index (Phi) is 3.47. The Morgan fingerprint density at radius 1 is 1.26 bits per heavy atom. The van der Waals surface area contributed by atoms with Crippen molar-refractivity contribution in [3.05, 3.63) is 47.3 Å². The van der Waals surface area contributed by atoms with E-state index in [9.17, 15) is 4.79 Å². The normalized spacial score (nSPS) is 12.5. The van der Waals surface area contributed by atoms with Crippen molar-refractivity contribution in [2.75, 3.05) is 17.2 Å². The number of rotatable bonds is 3. The number of aromatic nitrogens is 2. The second-order valence-corrected chi connectivity index (χ2v) is 6.09. The molecule has 0 saturated heterocycles. The van der Waals surface area contributed by atoms with Crippen molar-refractivity contribution in [3.8, 4) is 16.3 Å². The van der Waals surface area contributed by atoms with E-state index in [2.05, 4.69) is 20.8 Å². The lowest BCUT2D eigenvalue weighted by molar-refractivity contribution is 0.262. The minimum Gasteiger partial charge on any atom is -0.493 e. The Morgan fingerprint density at radius 2 is 2.22 bits per heavy atom. The van der Waals surface area contributed by atoms with E-state index in [4.69, 9.17) is 4.74 Å². The summed E-state index contributed by atoms with van der Waals surface area (Å²) in [5.41, 5.74) is 2.73. The largest absolute Gasteiger partial charge is 0.493 e. The molecule has 0 bridgehead atoms. The molecule has 116 valence electrons. The molecule has 1 aliphatic heterocycles. The molecule has 1 aromatic carbocycles. The molecule has 0 aliphatic carbocycles. The van der Waals surface area contributed by atoms with Gasteiger partial charge in [0.25, 0.3) is 0 Å². The average molecular weight is 326 g/mol. The lowest BCUT2D eigenvalue weighted by Gasteiger charge is -2.07. The Labute approximate surface area is 136 Å². The van der Waals surface area contributed by atoms with Crippen LogP contribution in [0.15, 0.2) is 41.8 Å². The minimum absolute atomic E-state index is 0.326. The van der Waals surface area contributed by atoms with Gasteiger partial charge in [0.2, 0.25) is 0 Å². The van der Waals surface area contributed by atoms with Gasteiger partial charge in [0.15, 0.2) is 5.82 Å². The number of ether oxygens (including phenoxy) is 1. The first-order valence-electron chi connectivity index (χ1n) is 7.21. The summed E-state index contributed by atoms with van der Waals surface area (Å²) in [5, 5.41) is 14.5. The third-order valence-electron chi connectivity index (χ3n) is 3.55. The summed E-state index contributed by atoms with van der Waals surface area (Å²) in [6, 6.07) is 11.1. The number of carbonyl (C=O) groups is 1. The topological polar surface area (TPSA) is 79.0 Å². The van der Waals surface area contributed by atoms with Crippen molar-refractivity contribution in [3.63, 3.8) is 0 Å². The van der Waals surface area contributed by atoms with Crippen LogP contribution in [0, 0.1) is 0 Å². The van der Waals surface area contributed by atoms with E-state index in [0.29, 0.717) is 12.4 Å².